The van der Waals surface area contributed by atoms with E-state index in [9.17, 15) is 18.0 Å². The Labute approximate surface area is 160 Å². The molecule has 2 fully saturated rings. The van der Waals surface area contributed by atoms with Crippen molar-refractivity contribution in [2.45, 2.75) is 49.8 Å². The van der Waals surface area contributed by atoms with Gasteiger partial charge in [-0.2, -0.15) is 4.31 Å². The second-order valence-electron chi connectivity index (χ2n) is 7.20. The number of hydrogen-bond acceptors (Lipinski definition) is 5. The summed E-state index contributed by atoms with van der Waals surface area (Å²) >= 11 is 0. The number of esters is 1. The van der Waals surface area contributed by atoms with Crippen LogP contribution in [0.5, 0.6) is 0 Å². The van der Waals surface area contributed by atoms with Crippen molar-refractivity contribution in [2.24, 2.45) is 5.92 Å². The number of ether oxygens (including phenoxy) is 1. The summed E-state index contributed by atoms with van der Waals surface area (Å²) in [5, 5.41) is 2.59. The van der Waals surface area contributed by atoms with Gasteiger partial charge in [-0.05, 0) is 49.8 Å². The highest BCUT2D eigenvalue weighted by Gasteiger charge is 2.27. The maximum absolute atomic E-state index is 12.6. The number of anilines is 1. The molecule has 3 rings (SSSR count). The first-order valence-electron chi connectivity index (χ1n) is 9.51. The van der Waals surface area contributed by atoms with Gasteiger partial charge in [-0.15, -0.1) is 0 Å². The van der Waals surface area contributed by atoms with E-state index in [4.69, 9.17) is 4.74 Å². The Kier molecular flexibility index (Phi) is 6.49. The van der Waals surface area contributed by atoms with E-state index in [1.165, 1.54) is 16.4 Å². The summed E-state index contributed by atoms with van der Waals surface area (Å²) < 4.78 is 31.7. The van der Waals surface area contributed by atoms with Crippen LogP contribution in [0, 0.1) is 5.92 Å². The Bertz CT molecular complexity index is 781. The van der Waals surface area contributed by atoms with Gasteiger partial charge in [0.15, 0.2) is 6.61 Å². The predicted molar refractivity (Wildman–Crippen MR) is 101 cm³/mol. The topological polar surface area (TPSA) is 92.8 Å². The first-order valence-corrected chi connectivity index (χ1v) is 10.9. The quantitative estimate of drug-likeness (QED) is 0.718. The molecular formula is C19H26N2O5S. The highest BCUT2D eigenvalue weighted by atomic mass is 32.2. The fraction of sp³-hybridized carbons (Fsp3) is 0.579. The van der Waals surface area contributed by atoms with Crippen molar-refractivity contribution in [2.75, 3.05) is 25.0 Å². The van der Waals surface area contributed by atoms with Gasteiger partial charge in [0.1, 0.15) is 0 Å². The molecule has 7 nitrogen and oxygen atoms in total. The van der Waals surface area contributed by atoms with Gasteiger partial charge < -0.3 is 10.1 Å². The van der Waals surface area contributed by atoms with Crippen LogP contribution in [0.3, 0.4) is 0 Å². The summed E-state index contributed by atoms with van der Waals surface area (Å²) in [6.07, 6.45) is 6.46. The molecule has 0 radical (unpaired) electrons. The minimum atomic E-state index is -3.54. The maximum Gasteiger partial charge on any atom is 0.306 e. The Morgan fingerprint density at radius 3 is 2.52 bits per heavy atom. The summed E-state index contributed by atoms with van der Waals surface area (Å²) in [7, 11) is -3.54. The van der Waals surface area contributed by atoms with Gasteiger partial charge in [-0.3, -0.25) is 9.59 Å². The Morgan fingerprint density at radius 2 is 1.81 bits per heavy atom. The van der Waals surface area contributed by atoms with E-state index in [0.717, 1.165) is 38.5 Å². The molecule has 1 N–H and O–H groups in total. The number of benzene rings is 1. The fourth-order valence-corrected chi connectivity index (χ4v) is 5.23. The zero-order valence-corrected chi connectivity index (χ0v) is 16.2. The lowest BCUT2D eigenvalue weighted by atomic mass is 10.1. The first-order chi connectivity index (χ1) is 12.9. The molecular weight excluding hydrogens is 368 g/mol. The number of rotatable bonds is 7. The molecule has 8 heteroatoms. The van der Waals surface area contributed by atoms with Crippen LogP contribution in [-0.2, 0) is 24.3 Å². The van der Waals surface area contributed by atoms with Crippen LogP contribution in [0.15, 0.2) is 29.2 Å². The minimum absolute atomic E-state index is 0.153. The smallest absolute Gasteiger partial charge is 0.306 e. The second kappa shape index (κ2) is 8.84. The molecule has 1 saturated carbocycles. The summed E-state index contributed by atoms with van der Waals surface area (Å²) in [4.78, 5) is 24.0. The summed E-state index contributed by atoms with van der Waals surface area (Å²) in [6.45, 7) is 0.681. The maximum atomic E-state index is 12.6. The third-order valence-electron chi connectivity index (χ3n) is 5.11. The van der Waals surface area contributed by atoms with Crippen molar-refractivity contribution in [1.82, 2.24) is 4.31 Å². The molecule has 0 spiro atoms. The summed E-state index contributed by atoms with van der Waals surface area (Å²) in [5.74, 6) is -0.471. The average molecular weight is 394 g/mol. The highest BCUT2D eigenvalue weighted by molar-refractivity contribution is 7.89. The number of sulfonamides is 1. The lowest BCUT2D eigenvalue weighted by Gasteiger charge is -2.16. The Balaban J connectivity index is 1.52. The van der Waals surface area contributed by atoms with Gasteiger partial charge in [0.05, 0.1) is 4.90 Å². The Hall–Kier alpha value is -1.93. The van der Waals surface area contributed by atoms with Crippen LogP contribution in [0.4, 0.5) is 5.69 Å². The van der Waals surface area contributed by atoms with Crippen molar-refractivity contribution in [3.8, 4) is 0 Å². The zero-order chi connectivity index (χ0) is 19.3. The molecule has 1 heterocycles. The normalized spacial score (nSPS) is 18.5. The van der Waals surface area contributed by atoms with Crippen LogP contribution in [0.25, 0.3) is 0 Å². The molecule has 0 unspecified atom stereocenters. The monoisotopic (exact) mass is 394 g/mol. The van der Waals surface area contributed by atoms with Gasteiger partial charge in [-0.25, -0.2) is 8.42 Å². The standard InChI is InChI=1S/C19H26N2O5S/c22-18(14-26-19(23)12-15-6-1-2-7-15)20-16-8-5-9-17(13-16)27(24,25)21-10-3-4-11-21/h5,8-9,13,15H,1-4,6-7,10-12,14H2,(H,20,22). The number of carbonyl (C=O) groups is 2. The number of carbonyl (C=O) groups excluding carboxylic acids is 2. The molecule has 1 aromatic rings. The van der Waals surface area contributed by atoms with E-state index >= 15 is 0 Å². The molecule has 0 atom stereocenters. The van der Waals surface area contributed by atoms with E-state index < -0.39 is 15.9 Å². The van der Waals surface area contributed by atoms with Crippen molar-refractivity contribution in [3.63, 3.8) is 0 Å². The van der Waals surface area contributed by atoms with Crippen LogP contribution in [0.2, 0.25) is 0 Å². The summed E-state index contributed by atoms with van der Waals surface area (Å²) in [5.41, 5.74) is 0.368. The van der Waals surface area contributed by atoms with Crippen LogP contribution in [0.1, 0.15) is 44.9 Å². The lowest BCUT2D eigenvalue weighted by Crippen LogP contribution is -2.28. The lowest BCUT2D eigenvalue weighted by molar-refractivity contribution is -0.148. The van der Waals surface area contributed by atoms with Crippen LogP contribution >= 0.6 is 0 Å². The molecule has 148 valence electrons. The van der Waals surface area contributed by atoms with E-state index in [1.54, 1.807) is 12.1 Å². The van der Waals surface area contributed by atoms with Crippen LogP contribution in [-0.4, -0.2) is 44.3 Å². The summed E-state index contributed by atoms with van der Waals surface area (Å²) in [6, 6.07) is 6.16. The highest BCUT2D eigenvalue weighted by Crippen LogP contribution is 2.27. The molecule has 2 aliphatic rings. The van der Waals surface area contributed by atoms with E-state index in [0.29, 0.717) is 31.1 Å². The van der Waals surface area contributed by atoms with E-state index in [1.807, 2.05) is 0 Å². The van der Waals surface area contributed by atoms with Crippen molar-refractivity contribution in [3.05, 3.63) is 24.3 Å². The molecule has 1 amide bonds. The fourth-order valence-electron chi connectivity index (χ4n) is 3.66. The number of nitrogens with zero attached hydrogens (tertiary/aromatic N) is 1. The molecule has 0 bridgehead atoms. The molecule has 1 aromatic carbocycles. The number of amides is 1. The zero-order valence-electron chi connectivity index (χ0n) is 15.4. The first kappa shape index (κ1) is 19.8. The van der Waals surface area contributed by atoms with Gasteiger partial charge in [0.2, 0.25) is 10.0 Å². The molecule has 1 saturated heterocycles. The van der Waals surface area contributed by atoms with Gasteiger partial charge >= 0.3 is 5.97 Å². The number of nitrogens with one attached hydrogen (secondary N) is 1. The van der Waals surface area contributed by atoms with E-state index in [2.05, 4.69) is 5.32 Å². The average Bonchev–Trinajstić information content (AvgIpc) is 3.34. The van der Waals surface area contributed by atoms with Gasteiger partial charge in [0, 0.05) is 25.2 Å². The number of hydrogen-bond donors (Lipinski definition) is 1. The van der Waals surface area contributed by atoms with Crippen LogP contribution < -0.4 is 5.32 Å². The van der Waals surface area contributed by atoms with E-state index in [-0.39, 0.29) is 17.5 Å². The molecule has 27 heavy (non-hydrogen) atoms. The van der Waals surface area contributed by atoms with Crippen molar-refractivity contribution in [1.29, 1.82) is 0 Å². The second-order valence-corrected chi connectivity index (χ2v) is 9.14. The largest absolute Gasteiger partial charge is 0.456 e. The molecule has 1 aliphatic heterocycles. The Morgan fingerprint density at radius 1 is 1.11 bits per heavy atom. The third kappa shape index (κ3) is 5.29. The van der Waals surface area contributed by atoms with Crippen molar-refractivity contribution >= 4 is 27.6 Å². The van der Waals surface area contributed by atoms with Gasteiger partial charge in [0.25, 0.3) is 5.91 Å². The third-order valence-corrected chi connectivity index (χ3v) is 7.01. The van der Waals surface area contributed by atoms with Gasteiger partial charge in [-0.1, -0.05) is 18.9 Å². The predicted octanol–water partition coefficient (Wildman–Crippen LogP) is 2.53. The SMILES string of the molecule is O=C(COC(=O)CC1CCCC1)Nc1cccc(S(=O)(=O)N2CCCC2)c1. The minimum Gasteiger partial charge on any atom is -0.456 e. The molecule has 0 aromatic heterocycles. The van der Waals surface area contributed by atoms with Crippen molar-refractivity contribution < 1.29 is 22.7 Å². The molecule has 1 aliphatic carbocycles.